The predicted molar refractivity (Wildman–Crippen MR) is 94.1 cm³/mol. The highest BCUT2D eigenvalue weighted by Crippen LogP contribution is 2.29. The summed E-state index contributed by atoms with van der Waals surface area (Å²) >= 11 is 5.72. The lowest BCUT2D eigenvalue weighted by atomic mass is 10.1. The minimum absolute atomic E-state index is 0.0204. The zero-order chi connectivity index (χ0) is 19.0. The summed E-state index contributed by atoms with van der Waals surface area (Å²) in [6.45, 7) is 1.68. The van der Waals surface area contributed by atoms with Gasteiger partial charge in [0.05, 0.1) is 22.7 Å². The van der Waals surface area contributed by atoms with E-state index in [-0.39, 0.29) is 22.7 Å². The molecule has 0 bridgehead atoms. The van der Waals surface area contributed by atoms with Crippen LogP contribution in [0.4, 0.5) is 15.8 Å². The Labute approximate surface area is 153 Å². The van der Waals surface area contributed by atoms with E-state index >= 15 is 0 Å². The summed E-state index contributed by atoms with van der Waals surface area (Å²) in [6.07, 6.45) is -0.107. The van der Waals surface area contributed by atoms with Gasteiger partial charge in [-0.3, -0.25) is 9.59 Å². The molecule has 0 aromatic heterocycles. The SMILES string of the molecule is Cc1ccc(C(=O)O)cc1N1C(=O)CC(Nc2ccc(F)c(Cl)c2)C1=O. The third-order valence-electron chi connectivity index (χ3n) is 4.10. The molecule has 8 heteroatoms. The number of aromatic carboxylic acids is 1. The molecule has 1 fully saturated rings. The van der Waals surface area contributed by atoms with Crippen molar-refractivity contribution in [2.45, 2.75) is 19.4 Å². The topological polar surface area (TPSA) is 86.7 Å². The van der Waals surface area contributed by atoms with E-state index in [0.29, 0.717) is 11.3 Å². The van der Waals surface area contributed by atoms with Crippen LogP contribution in [-0.2, 0) is 9.59 Å². The quantitative estimate of drug-likeness (QED) is 0.800. The number of aryl methyl sites for hydroxylation is 1. The first kappa shape index (κ1) is 17.9. The summed E-state index contributed by atoms with van der Waals surface area (Å²) in [4.78, 5) is 37.2. The van der Waals surface area contributed by atoms with E-state index < -0.39 is 29.6 Å². The van der Waals surface area contributed by atoms with E-state index in [1.165, 1.54) is 24.3 Å². The average molecular weight is 377 g/mol. The van der Waals surface area contributed by atoms with Crippen LogP contribution in [0.5, 0.6) is 0 Å². The van der Waals surface area contributed by atoms with Crippen molar-refractivity contribution in [1.29, 1.82) is 0 Å². The molecule has 2 amide bonds. The van der Waals surface area contributed by atoms with Gasteiger partial charge in [-0.2, -0.15) is 0 Å². The number of amides is 2. The van der Waals surface area contributed by atoms with Crippen molar-refractivity contribution in [3.05, 3.63) is 58.4 Å². The number of nitrogens with one attached hydrogen (secondary N) is 1. The fourth-order valence-electron chi connectivity index (χ4n) is 2.77. The second-order valence-electron chi connectivity index (χ2n) is 5.90. The molecule has 1 aliphatic rings. The Morgan fingerprint density at radius 3 is 2.65 bits per heavy atom. The smallest absolute Gasteiger partial charge is 0.335 e. The Kier molecular flexibility index (Phi) is 4.65. The molecule has 1 atom stereocenters. The first-order chi connectivity index (χ1) is 12.3. The third-order valence-corrected chi connectivity index (χ3v) is 4.39. The highest BCUT2D eigenvalue weighted by molar-refractivity contribution is 6.31. The number of rotatable bonds is 4. The summed E-state index contributed by atoms with van der Waals surface area (Å²) in [6, 6.07) is 7.29. The number of hydrogen-bond donors (Lipinski definition) is 2. The van der Waals surface area contributed by atoms with Crippen molar-refractivity contribution in [2.75, 3.05) is 10.2 Å². The lowest BCUT2D eigenvalue weighted by Gasteiger charge is -2.18. The molecule has 0 spiro atoms. The zero-order valence-electron chi connectivity index (χ0n) is 13.6. The molecule has 0 saturated carbocycles. The molecule has 1 heterocycles. The number of anilines is 2. The second-order valence-corrected chi connectivity index (χ2v) is 6.31. The van der Waals surface area contributed by atoms with Gasteiger partial charge in [0.15, 0.2) is 0 Å². The van der Waals surface area contributed by atoms with Crippen LogP contribution in [-0.4, -0.2) is 28.9 Å². The first-order valence-corrected chi connectivity index (χ1v) is 8.08. The van der Waals surface area contributed by atoms with E-state index in [1.54, 1.807) is 13.0 Å². The van der Waals surface area contributed by atoms with Gasteiger partial charge >= 0.3 is 5.97 Å². The Hall–Kier alpha value is -2.93. The summed E-state index contributed by atoms with van der Waals surface area (Å²) in [5.74, 6) is -2.71. The van der Waals surface area contributed by atoms with Crippen LogP contribution in [0.3, 0.4) is 0 Å². The van der Waals surface area contributed by atoms with Gasteiger partial charge in [0.1, 0.15) is 11.9 Å². The lowest BCUT2D eigenvalue weighted by molar-refractivity contribution is -0.121. The average Bonchev–Trinajstić information content (AvgIpc) is 2.85. The van der Waals surface area contributed by atoms with Gasteiger partial charge in [-0.1, -0.05) is 17.7 Å². The molecule has 26 heavy (non-hydrogen) atoms. The molecule has 3 rings (SSSR count). The van der Waals surface area contributed by atoms with Crippen molar-refractivity contribution in [1.82, 2.24) is 0 Å². The van der Waals surface area contributed by atoms with Gasteiger partial charge in [0.2, 0.25) is 5.91 Å². The van der Waals surface area contributed by atoms with Gasteiger partial charge in [-0.25, -0.2) is 14.1 Å². The van der Waals surface area contributed by atoms with Crippen molar-refractivity contribution in [3.8, 4) is 0 Å². The van der Waals surface area contributed by atoms with E-state index in [2.05, 4.69) is 5.32 Å². The molecule has 2 aromatic rings. The molecule has 1 aliphatic heterocycles. The Morgan fingerprint density at radius 1 is 1.27 bits per heavy atom. The third kappa shape index (κ3) is 3.25. The van der Waals surface area contributed by atoms with E-state index in [4.69, 9.17) is 16.7 Å². The molecule has 1 unspecified atom stereocenters. The van der Waals surface area contributed by atoms with Gasteiger partial charge in [-0.15, -0.1) is 0 Å². The molecule has 0 aliphatic carbocycles. The van der Waals surface area contributed by atoms with Gasteiger partial charge < -0.3 is 10.4 Å². The fraction of sp³-hybridized carbons (Fsp3) is 0.167. The maximum absolute atomic E-state index is 13.2. The molecule has 0 radical (unpaired) electrons. The maximum Gasteiger partial charge on any atom is 0.335 e. The van der Waals surface area contributed by atoms with Crippen molar-refractivity contribution >= 4 is 40.8 Å². The minimum atomic E-state index is -1.15. The van der Waals surface area contributed by atoms with Crippen LogP contribution in [0.25, 0.3) is 0 Å². The standard InChI is InChI=1S/C18H14ClFN2O4/c1-9-2-3-10(18(25)26)6-15(9)22-16(23)8-14(17(22)24)21-11-4-5-13(20)12(19)7-11/h2-7,14,21H,8H2,1H3,(H,25,26). The van der Waals surface area contributed by atoms with Crippen LogP contribution in [0, 0.1) is 12.7 Å². The Balaban J connectivity index is 1.88. The summed E-state index contributed by atoms with van der Waals surface area (Å²) in [5, 5.41) is 11.9. The summed E-state index contributed by atoms with van der Waals surface area (Å²) in [7, 11) is 0. The van der Waals surface area contributed by atoms with Crippen LogP contribution in [0.15, 0.2) is 36.4 Å². The number of halogens is 2. The number of carboxylic acid groups (broad SMARTS) is 1. The van der Waals surface area contributed by atoms with E-state index in [1.807, 2.05) is 0 Å². The minimum Gasteiger partial charge on any atom is -0.478 e. The monoisotopic (exact) mass is 376 g/mol. The van der Waals surface area contributed by atoms with Gasteiger partial charge in [0.25, 0.3) is 5.91 Å². The molecule has 1 saturated heterocycles. The molecule has 2 N–H and O–H groups in total. The number of carboxylic acids is 1. The molecule has 134 valence electrons. The van der Waals surface area contributed by atoms with E-state index in [0.717, 1.165) is 11.0 Å². The summed E-state index contributed by atoms with van der Waals surface area (Å²) in [5.41, 5.74) is 1.22. The number of nitrogens with zero attached hydrogens (tertiary/aromatic N) is 1. The number of hydrogen-bond acceptors (Lipinski definition) is 4. The Bertz CT molecular complexity index is 931. The van der Waals surface area contributed by atoms with Crippen LogP contribution < -0.4 is 10.2 Å². The first-order valence-electron chi connectivity index (χ1n) is 7.70. The summed E-state index contributed by atoms with van der Waals surface area (Å²) < 4.78 is 13.2. The molecule has 2 aromatic carbocycles. The highest BCUT2D eigenvalue weighted by Gasteiger charge is 2.40. The number of benzene rings is 2. The molecular weight excluding hydrogens is 363 g/mol. The van der Waals surface area contributed by atoms with Crippen LogP contribution in [0.2, 0.25) is 5.02 Å². The second kappa shape index (κ2) is 6.76. The number of imide groups is 1. The largest absolute Gasteiger partial charge is 0.478 e. The Morgan fingerprint density at radius 2 is 2.00 bits per heavy atom. The number of carbonyl (C=O) groups excluding carboxylic acids is 2. The van der Waals surface area contributed by atoms with Crippen molar-refractivity contribution in [2.24, 2.45) is 0 Å². The lowest BCUT2D eigenvalue weighted by Crippen LogP contribution is -2.35. The van der Waals surface area contributed by atoms with Gasteiger partial charge in [0, 0.05) is 5.69 Å². The number of carbonyl (C=O) groups is 3. The zero-order valence-corrected chi connectivity index (χ0v) is 14.4. The van der Waals surface area contributed by atoms with Crippen molar-refractivity contribution < 1.29 is 23.9 Å². The van der Waals surface area contributed by atoms with Gasteiger partial charge in [-0.05, 0) is 42.8 Å². The highest BCUT2D eigenvalue weighted by atomic mass is 35.5. The normalized spacial score (nSPS) is 16.9. The van der Waals surface area contributed by atoms with Crippen LogP contribution >= 0.6 is 11.6 Å². The molecular formula is C18H14ClFN2O4. The maximum atomic E-state index is 13.2. The van der Waals surface area contributed by atoms with E-state index in [9.17, 15) is 18.8 Å². The molecule has 6 nitrogen and oxygen atoms in total. The predicted octanol–water partition coefficient (Wildman–Crippen LogP) is 3.23. The fourth-order valence-corrected chi connectivity index (χ4v) is 2.95. The van der Waals surface area contributed by atoms with Crippen molar-refractivity contribution in [3.63, 3.8) is 0 Å². The van der Waals surface area contributed by atoms with Crippen LogP contribution in [0.1, 0.15) is 22.3 Å².